The van der Waals surface area contributed by atoms with Gasteiger partial charge in [0, 0.05) is 5.56 Å². The van der Waals surface area contributed by atoms with E-state index in [1.54, 1.807) is 6.07 Å². The number of hydrogen-bond acceptors (Lipinski definition) is 4. The highest BCUT2D eigenvalue weighted by Crippen LogP contribution is 2.36. The van der Waals surface area contributed by atoms with E-state index in [0.717, 1.165) is 14.0 Å². The molecule has 0 aliphatic carbocycles. The van der Waals surface area contributed by atoms with E-state index in [1.165, 1.54) is 12.1 Å². The third kappa shape index (κ3) is 2.05. The summed E-state index contributed by atoms with van der Waals surface area (Å²) in [5.41, 5.74) is -2.00. The lowest BCUT2D eigenvalue weighted by Crippen LogP contribution is -2.29. The van der Waals surface area contributed by atoms with Crippen LogP contribution in [0, 0.1) is 0 Å². The standard InChI is InChI=1S/C12H13FO4/c1-12(13,11(14)15-2)8-3-4-9-10(7-8)17-6-5-16-9/h3-4,7H,5-6H2,1-2H3. The first kappa shape index (κ1) is 11.7. The molecule has 1 unspecified atom stereocenters. The van der Waals surface area contributed by atoms with E-state index in [9.17, 15) is 9.18 Å². The van der Waals surface area contributed by atoms with Gasteiger partial charge in [-0.3, -0.25) is 0 Å². The molecular weight excluding hydrogens is 227 g/mol. The summed E-state index contributed by atoms with van der Waals surface area (Å²) in [4.78, 5) is 11.3. The molecule has 0 saturated carbocycles. The molecule has 92 valence electrons. The number of fused-ring (bicyclic) bond motifs is 1. The number of carbonyl (C=O) groups is 1. The molecule has 0 radical (unpaired) electrons. The summed E-state index contributed by atoms with van der Waals surface area (Å²) in [6.07, 6.45) is 0. The number of ether oxygens (including phenoxy) is 3. The van der Waals surface area contributed by atoms with Crippen LogP contribution in [-0.2, 0) is 15.2 Å². The van der Waals surface area contributed by atoms with E-state index in [4.69, 9.17) is 9.47 Å². The van der Waals surface area contributed by atoms with Gasteiger partial charge in [-0.15, -0.1) is 0 Å². The Hall–Kier alpha value is -1.78. The van der Waals surface area contributed by atoms with Gasteiger partial charge in [-0.05, 0) is 19.1 Å². The molecule has 0 aromatic heterocycles. The van der Waals surface area contributed by atoms with Gasteiger partial charge in [-0.1, -0.05) is 6.07 Å². The maximum atomic E-state index is 14.2. The van der Waals surface area contributed by atoms with Crippen LogP contribution >= 0.6 is 0 Å². The molecule has 0 N–H and O–H groups in total. The molecule has 1 aromatic carbocycles. The molecule has 5 heteroatoms. The predicted octanol–water partition coefficient (Wildman–Crippen LogP) is 1.82. The molecule has 0 bridgehead atoms. The van der Waals surface area contributed by atoms with E-state index in [2.05, 4.69) is 4.74 Å². The van der Waals surface area contributed by atoms with E-state index < -0.39 is 11.6 Å². The number of benzene rings is 1. The normalized spacial score (nSPS) is 17.1. The van der Waals surface area contributed by atoms with Gasteiger partial charge >= 0.3 is 5.97 Å². The van der Waals surface area contributed by atoms with Crippen LogP contribution in [-0.4, -0.2) is 26.3 Å². The van der Waals surface area contributed by atoms with Gasteiger partial charge in [0.15, 0.2) is 11.5 Å². The highest BCUT2D eigenvalue weighted by molar-refractivity contribution is 5.81. The fourth-order valence-corrected chi connectivity index (χ4v) is 1.64. The Morgan fingerprint density at radius 2 is 2.00 bits per heavy atom. The van der Waals surface area contributed by atoms with E-state index in [1.807, 2.05) is 0 Å². The number of rotatable bonds is 2. The van der Waals surface area contributed by atoms with Crippen molar-refractivity contribution in [3.63, 3.8) is 0 Å². The summed E-state index contributed by atoms with van der Waals surface area (Å²) in [5, 5.41) is 0. The van der Waals surface area contributed by atoms with Crippen molar-refractivity contribution >= 4 is 5.97 Å². The zero-order valence-electron chi connectivity index (χ0n) is 9.66. The monoisotopic (exact) mass is 240 g/mol. The highest BCUT2D eigenvalue weighted by atomic mass is 19.1. The zero-order chi connectivity index (χ0) is 12.5. The van der Waals surface area contributed by atoms with Gasteiger partial charge in [0.2, 0.25) is 5.67 Å². The minimum atomic E-state index is -2.19. The Bertz CT molecular complexity index is 442. The van der Waals surface area contributed by atoms with Crippen LogP contribution in [0.3, 0.4) is 0 Å². The molecule has 4 nitrogen and oxygen atoms in total. The predicted molar refractivity (Wildman–Crippen MR) is 57.9 cm³/mol. The average molecular weight is 240 g/mol. The maximum absolute atomic E-state index is 14.2. The quantitative estimate of drug-likeness (QED) is 0.739. The summed E-state index contributed by atoms with van der Waals surface area (Å²) in [6.45, 7) is 2.04. The lowest BCUT2D eigenvalue weighted by atomic mass is 9.97. The van der Waals surface area contributed by atoms with Crippen molar-refractivity contribution in [2.24, 2.45) is 0 Å². The molecule has 0 fully saturated rings. The van der Waals surface area contributed by atoms with Crippen molar-refractivity contribution < 1.29 is 23.4 Å². The van der Waals surface area contributed by atoms with Gasteiger partial charge < -0.3 is 14.2 Å². The average Bonchev–Trinajstić information content (AvgIpc) is 2.37. The Labute approximate surface area is 98.3 Å². The van der Waals surface area contributed by atoms with Gasteiger partial charge in [-0.25, -0.2) is 9.18 Å². The van der Waals surface area contributed by atoms with Gasteiger partial charge in [0.1, 0.15) is 13.2 Å². The number of esters is 1. The van der Waals surface area contributed by atoms with Crippen LogP contribution in [0.15, 0.2) is 18.2 Å². The molecule has 1 atom stereocenters. The van der Waals surface area contributed by atoms with Crippen LogP contribution in [0.2, 0.25) is 0 Å². The molecule has 1 aromatic rings. The van der Waals surface area contributed by atoms with Crippen LogP contribution in [0.4, 0.5) is 4.39 Å². The first-order chi connectivity index (χ1) is 8.05. The first-order valence-electron chi connectivity index (χ1n) is 5.23. The summed E-state index contributed by atoms with van der Waals surface area (Å²) < 4.78 is 29.3. The molecule has 2 rings (SSSR count). The largest absolute Gasteiger partial charge is 0.486 e. The van der Waals surface area contributed by atoms with Gasteiger partial charge in [0.05, 0.1) is 7.11 Å². The van der Waals surface area contributed by atoms with Crippen molar-refractivity contribution in [1.29, 1.82) is 0 Å². The number of methoxy groups -OCH3 is 1. The number of alkyl halides is 1. The molecular formula is C12H13FO4. The van der Waals surface area contributed by atoms with E-state index in [-0.39, 0.29) is 5.56 Å². The Morgan fingerprint density at radius 3 is 2.65 bits per heavy atom. The molecule has 0 saturated heterocycles. The SMILES string of the molecule is COC(=O)C(C)(F)c1ccc2c(c1)OCCO2. The highest BCUT2D eigenvalue weighted by Gasteiger charge is 2.37. The Kier molecular flexibility index (Phi) is 2.92. The Balaban J connectivity index is 2.36. The molecule has 17 heavy (non-hydrogen) atoms. The van der Waals surface area contributed by atoms with Crippen molar-refractivity contribution in [1.82, 2.24) is 0 Å². The lowest BCUT2D eigenvalue weighted by Gasteiger charge is -2.22. The molecule has 1 heterocycles. The Morgan fingerprint density at radius 1 is 1.35 bits per heavy atom. The molecule has 1 aliphatic rings. The smallest absolute Gasteiger partial charge is 0.348 e. The maximum Gasteiger partial charge on any atom is 0.348 e. The summed E-state index contributed by atoms with van der Waals surface area (Å²) in [7, 11) is 1.15. The van der Waals surface area contributed by atoms with Crippen molar-refractivity contribution in [3.8, 4) is 11.5 Å². The molecule has 1 aliphatic heterocycles. The topological polar surface area (TPSA) is 44.8 Å². The van der Waals surface area contributed by atoms with Crippen molar-refractivity contribution in [3.05, 3.63) is 23.8 Å². The van der Waals surface area contributed by atoms with Crippen LogP contribution in [0.1, 0.15) is 12.5 Å². The van der Waals surface area contributed by atoms with E-state index >= 15 is 0 Å². The second-order valence-electron chi connectivity index (χ2n) is 3.85. The minimum absolute atomic E-state index is 0.189. The third-order valence-corrected chi connectivity index (χ3v) is 2.65. The van der Waals surface area contributed by atoms with Gasteiger partial charge in [-0.2, -0.15) is 0 Å². The van der Waals surface area contributed by atoms with Crippen LogP contribution in [0.5, 0.6) is 11.5 Å². The summed E-state index contributed by atoms with van der Waals surface area (Å²) >= 11 is 0. The minimum Gasteiger partial charge on any atom is -0.486 e. The van der Waals surface area contributed by atoms with Crippen LogP contribution < -0.4 is 9.47 Å². The van der Waals surface area contributed by atoms with Crippen molar-refractivity contribution in [2.45, 2.75) is 12.6 Å². The van der Waals surface area contributed by atoms with E-state index in [0.29, 0.717) is 24.7 Å². The summed E-state index contributed by atoms with van der Waals surface area (Å²) in [5.74, 6) is 0.0661. The summed E-state index contributed by atoms with van der Waals surface area (Å²) in [6, 6.07) is 4.54. The lowest BCUT2D eigenvalue weighted by molar-refractivity contribution is -0.154. The molecule has 0 amide bonds. The van der Waals surface area contributed by atoms with Crippen molar-refractivity contribution in [2.75, 3.05) is 20.3 Å². The fraction of sp³-hybridized carbons (Fsp3) is 0.417. The first-order valence-corrected chi connectivity index (χ1v) is 5.23. The zero-order valence-corrected chi connectivity index (χ0v) is 9.66. The second-order valence-corrected chi connectivity index (χ2v) is 3.85. The number of halogens is 1. The van der Waals surface area contributed by atoms with Gasteiger partial charge in [0.25, 0.3) is 0 Å². The number of hydrogen-bond donors (Lipinski definition) is 0. The molecule has 0 spiro atoms. The number of carbonyl (C=O) groups excluding carboxylic acids is 1. The second kappa shape index (κ2) is 4.24. The third-order valence-electron chi connectivity index (χ3n) is 2.65. The fourth-order valence-electron chi connectivity index (χ4n) is 1.64. The van der Waals surface area contributed by atoms with Crippen LogP contribution in [0.25, 0.3) is 0 Å².